The minimum absolute atomic E-state index is 0. The number of halogens is 3. The molecular formula is C18H25F2IN4O2. The minimum atomic E-state index is -0.725. The predicted molar refractivity (Wildman–Crippen MR) is 111 cm³/mol. The lowest BCUT2D eigenvalue weighted by Gasteiger charge is -2.12. The van der Waals surface area contributed by atoms with Crippen LogP contribution < -0.4 is 15.4 Å². The molecule has 27 heavy (non-hydrogen) atoms. The maximum Gasteiger partial charge on any atom is 0.191 e. The van der Waals surface area contributed by atoms with Gasteiger partial charge in [0, 0.05) is 18.7 Å². The standard InChI is InChI=1S/C18H24F2N4O2.HI/c1-4-21-18(23-11-14-10-16(12(2)3)24-26-14)22-7-8-25-17-6-5-13(19)9-15(17)20;/h5-6,9-10,12H,4,7-8,11H2,1-3H3,(H2,21,22,23);1H. The fraction of sp³-hybridized carbons (Fsp3) is 0.444. The van der Waals surface area contributed by atoms with Crippen molar-refractivity contribution in [3.05, 3.63) is 47.4 Å². The molecule has 6 nitrogen and oxygen atoms in total. The highest BCUT2D eigenvalue weighted by atomic mass is 127. The van der Waals surface area contributed by atoms with Crippen molar-refractivity contribution in [1.82, 2.24) is 15.8 Å². The van der Waals surface area contributed by atoms with Crippen molar-refractivity contribution in [2.45, 2.75) is 33.2 Å². The summed E-state index contributed by atoms with van der Waals surface area (Å²) >= 11 is 0. The number of hydrogen-bond acceptors (Lipinski definition) is 4. The Kier molecular flexibility index (Phi) is 10.0. The third-order valence-corrected chi connectivity index (χ3v) is 3.45. The SMILES string of the molecule is CCNC(=NCc1cc(C(C)C)no1)NCCOc1ccc(F)cc1F.I. The summed E-state index contributed by atoms with van der Waals surface area (Å²) in [5.74, 6) is 0.206. The molecule has 0 aliphatic heterocycles. The van der Waals surface area contributed by atoms with Gasteiger partial charge in [0.15, 0.2) is 23.3 Å². The van der Waals surface area contributed by atoms with Gasteiger partial charge in [-0.2, -0.15) is 0 Å². The number of nitrogens with zero attached hydrogens (tertiary/aromatic N) is 2. The first-order valence-corrected chi connectivity index (χ1v) is 8.55. The van der Waals surface area contributed by atoms with Gasteiger partial charge in [-0.1, -0.05) is 19.0 Å². The molecule has 2 rings (SSSR count). The minimum Gasteiger partial charge on any atom is -0.489 e. The molecule has 0 saturated carbocycles. The van der Waals surface area contributed by atoms with E-state index in [0.29, 0.717) is 37.3 Å². The molecule has 150 valence electrons. The number of nitrogens with one attached hydrogen (secondary N) is 2. The smallest absolute Gasteiger partial charge is 0.191 e. The summed E-state index contributed by atoms with van der Waals surface area (Å²) in [6.07, 6.45) is 0. The molecular weight excluding hydrogens is 469 g/mol. The van der Waals surface area contributed by atoms with E-state index in [0.717, 1.165) is 17.8 Å². The Balaban J connectivity index is 0.00000364. The van der Waals surface area contributed by atoms with Crippen molar-refractivity contribution >= 4 is 29.9 Å². The molecule has 2 aromatic rings. The third kappa shape index (κ3) is 7.69. The second kappa shape index (κ2) is 11.7. The highest BCUT2D eigenvalue weighted by Crippen LogP contribution is 2.17. The first kappa shape index (κ1) is 23.1. The van der Waals surface area contributed by atoms with Crippen molar-refractivity contribution in [1.29, 1.82) is 0 Å². The fourth-order valence-corrected chi connectivity index (χ4v) is 2.10. The molecule has 0 fully saturated rings. The molecule has 0 aliphatic carbocycles. The first-order valence-electron chi connectivity index (χ1n) is 8.55. The van der Waals surface area contributed by atoms with Gasteiger partial charge >= 0.3 is 0 Å². The summed E-state index contributed by atoms with van der Waals surface area (Å²) in [5, 5.41) is 10.2. The van der Waals surface area contributed by atoms with Gasteiger partial charge in [0.05, 0.1) is 12.2 Å². The van der Waals surface area contributed by atoms with Gasteiger partial charge in [0.25, 0.3) is 0 Å². The summed E-state index contributed by atoms with van der Waals surface area (Å²) in [5.41, 5.74) is 0.892. The topological polar surface area (TPSA) is 71.7 Å². The van der Waals surface area contributed by atoms with E-state index in [-0.39, 0.29) is 36.3 Å². The van der Waals surface area contributed by atoms with Crippen molar-refractivity contribution in [3.8, 4) is 5.75 Å². The van der Waals surface area contributed by atoms with Crippen LogP contribution in [0.4, 0.5) is 8.78 Å². The van der Waals surface area contributed by atoms with Crippen LogP contribution in [0.3, 0.4) is 0 Å². The molecule has 0 spiro atoms. The Morgan fingerprint density at radius 3 is 2.67 bits per heavy atom. The lowest BCUT2D eigenvalue weighted by molar-refractivity contribution is 0.304. The first-order chi connectivity index (χ1) is 12.5. The maximum absolute atomic E-state index is 13.5. The van der Waals surface area contributed by atoms with Crippen LogP contribution >= 0.6 is 24.0 Å². The van der Waals surface area contributed by atoms with Crippen LogP contribution in [0.15, 0.2) is 33.8 Å². The van der Waals surface area contributed by atoms with Gasteiger partial charge in [-0.05, 0) is 25.0 Å². The molecule has 1 aromatic heterocycles. The van der Waals surface area contributed by atoms with Crippen LogP contribution in [0, 0.1) is 11.6 Å². The molecule has 2 N–H and O–H groups in total. The average Bonchev–Trinajstić information content (AvgIpc) is 3.07. The summed E-state index contributed by atoms with van der Waals surface area (Å²) in [7, 11) is 0. The number of rotatable bonds is 8. The molecule has 9 heteroatoms. The zero-order chi connectivity index (χ0) is 18.9. The van der Waals surface area contributed by atoms with Crippen molar-refractivity contribution in [2.24, 2.45) is 4.99 Å². The van der Waals surface area contributed by atoms with E-state index in [4.69, 9.17) is 9.26 Å². The molecule has 0 bridgehead atoms. The Labute approximate surface area is 174 Å². The quantitative estimate of drug-likeness (QED) is 0.253. The largest absolute Gasteiger partial charge is 0.489 e. The zero-order valence-corrected chi connectivity index (χ0v) is 17.9. The van der Waals surface area contributed by atoms with Gasteiger partial charge < -0.3 is 19.9 Å². The lowest BCUT2D eigenvalue weighted by Crippen LogP contribution is -2.39. The summed E-state index contributed by atoms with van der Waals surface area (Å²) in [6.45, 7) is 7.67. The van der Waals surface area contributed by atoms with Gasteiger partial charge in [0.2, 0.25) is 0 Å². The molecule has 1 aromatic carbocycles. The highest BCUT2D eigenvalue weighted by Gasteiger charge is 2.08. The maximum atomic E-state index is 13.5. The molecule has 0 aliphatic rings. The summed E-state index contributed by atoms with van der Waals surface area (Å²) < 4.78 is 36.9. The Morgan fingerprint density at radius 1 is 1.26 bits per heavy atom. The normalized spacial score (nSPS) is 11.3. The van der Waals surface area contributed by atoms with Crippen molar-refractivity contribution in [3.63, 3.8) is 0 Å². The Hall–Kier alpha value is -1.91. The summed E-state index contributed by atoms with van der Waals surface area (Å²) in [6, 6.07) is 5.09. The van der Waals surface area contributed by atoms with E-state index in [2.05, 4.69) is 20.8 Å². The van der Waals surface area contributed by atoms with Crippen molar-refractivity contribution in [2.75, 3.05) is 19.7 Å². The highest BCUT2D eigenvalue weighted by molar-refractivity contribution is 14.0. The lowest BCUT2D eigenvalue weighted by atomic mass is 10.1. The average molecular weight is 494 g/mol. The zero-order valence-electron chi connectivity index (χ0n) is 15.6. The van der Waals surface area contributed by atoms with E-state index < -0.39 is 11.6 Å². The molecule has 0 saturated heterocycles. The Morgan fingerprint density at radius 2 is 2.04 bits per heavy atom. The number of aromatic nitrogens is 1. The monoisotopic (exact) mass is 494 g/mol. The van der Waals surface area contributed by atoms with Crippen LogP contribution in [0.25, 0.3) is 0 Å². The van der Waals surface area contributed by atoms with Gasteiger partial charge in [-0.25, -0.2) is 13.8 Å². The molecule has 1 heterocycles. The van der Waals surface area contributed by atoms with Gasteiger partial charge in [0.1, 0.15) is 19.0 Å². The van der Waals surface area contributed by atoms with Gasteiger partial charge in [-0.15, -0.1) is 24.0 Å². The number of hydrogen-bond donors (Lipinski definition) is 2. The second-order valence-electron chi connectivity index (χ2n) is 5.92. The van der Waals surface area contributed by atoms with E-state index in [1.54, 1.807) is 0 Å². The fourth-order valence-electron chi connectivity index (χ4n) is 2.10. The Bertz CT molecular complexity index is 738. The molecule has 0 unspecified atom stereocenters. The van der Waals surface area contributed by atoms with Crippen LogP contribution in [-0.2, 0) is 6.54 Å². The molecule has 0 atom stereocenters. The van der Waals surface area contributed by atoms with Gasteiger partial charge in [-0.3, -0.25) is 0 Å². The van der Waals surface area contributed by atoms with Crippen LogP contribution in [0.1, 0.15) is 38.1 Å². The number of guanidine groups is 1. The summed E-state index contributed by atoms with van der Waals surface area (Å²) in [4.78, 5) is 4.41. The van der Waals surface area contributed by atoms with E-state index in [1.165, 1.54) is 6.07 Å². The molecule has 0 amide bonds. The number of ether oxygens (including phenoxy) is 1. The van der Waals surface area contributed by atoms with E-state index in [1.807, 2.05) is 26.8 Å². The van der Waals surface area contributed by atoms with Crippen LogP contribution in [0.5, 0.6) is 5.75 Å². The van der Waals surface area contributed by atoms with E-state index >= 15 is 0 Å². The van der Waals surface area contributed by atoms with Crippen LogP contribution in [0.2, 0.25) is 0 Å². The third-order valence-electron chi connectivity index (χ3n) is 3.45. The second-order valence-corrected chi connectivity index (χ2v) is 5.92. The van der Waals surface area contributed by atoms with E-state index in [9.17, 15) is 8.78 Å². The van der Waals surface area contributed by atoms with Crippen molar-refractivity contribution < 1.29 is 18.0 Å². The molecule has 0 radical (unpaired) electrons. The number of aliphatic imine (C=N–C) groups is 1. The van der Waals surface area contributed by atoms with Crippen LogP contribution in [-0.4, -0.2) is 30.8 Å². The number of benzene rings is 1. The predicted octanol–water partition coefficient (Wildman–Crippen LogP) is 3.83.